The van der Waals surface area contributed by atoms with E-state index < -0.39 is 17.2 Å². The van der Waals surface area contributed by atoms with Gasteiger partial charge in [0.1, 0.15) is 54.9 Å². The highest BCUT2D eigenvalue weighted by atomic mass is 35.5. The molecule has 0 atom stereocenters. The quantitative estimate of drug-likeness (QED) is 0.223. The van der Waals surface area contributed by atoms with Crippen molar-refractivity contribution in [2.24, 2.45) is 0 Å². The first-order valence-electron chi connectivity index (χ1n) is 13.6. The molecule has 0 unspecified atom stereocenters. The fourth-order valence-corrected chi connectivity index (χ4v) is 5.73. The van der Waals surface area contributed by atoms with Gasteiger partial charge in [0.05, 0.1) is 13.1 Å². The number of fused-ring (bicyclic) bond motifs is 2. The van der Waals surface area contributed by atoms with Crippen molar-refractivity contribution in [1.82, 2.24) is 34.4 Å². The van der Waals surface area contributed by atoms with Gasteiger partial charge in [-0.25, -0.2) is 28.1 Å². The van der Waals surface area contributed by atoms with Crippen molar-refractivity contribution in [1.29, 1.82) is 0 Å². The summed E-state index contributed by atoms with van der Waals surface area (Å²) >= 11 is 7.95. The number of aromatic nitrogens is 6. The van der Waals surface area contributed by atoms with Crippen LogP contribution in [0.25, 0.3) is 11.8 Å². The maximum Gasteiger partial charge on any atom is 0.137 e. The zero-order chi connectivity index (χ0) is 31.1. The third-order valence-electron chi connectivity index (χ3n) is 6.64. The SMILES string of the molecule is CN(C)CCOC1=Cc2ccccc2Sc2ccc(Cl)cc21.OC(Cn1cncn1)(Cn1cncn1)c1ccc(F)cc1F. The van der Waals surface area contributed by atoms with Crippen LogP contribution in [0, 0.1) is 11.6 Å². The molecule has 0 bridgehead atoms. The topological polar surface area (TPSA) is 94.1 Å². The molecule has 6 rings (SSSR count). The van der Waals surface area contributed by atoms with Crippen LogP contribution in [0.5, 0.6) is 0 Å². The van der Waals surface area contributed by atoms with Crippen molar-refractivity contribution in [2.45, 2.75) is 28.5 Å². The van der Waals surface area contributed by atoms with Gasteiger partial charge in [0.2, 0.25) is 0 Å². The van der Waals surface area contributed by atoms with Gasteiger partial charge in [0.25, 0.3) is 0 Å². The van der Waals surface area contributed by atoms with E-state index in [4.69, 9.17) is 16.3 Å². The van der Waals surface area contributed by atoms with E-state index in [2.05, 4.69) is 61.5 Å². The fourth-order valence-electron chi connectivity index (χ4n) is 4.52. The van der Waals surface area contributed by atoms with Crippen LogP contribution in [0.4, 0.5) is 8.78 Å². The van der Waals surface area contributed by atoms with E-state index in [1.807, 2.05) is 26.2 Å². The molecular formula is C31H30ClF2N7O2S. The van der Waals surface area contributed by atoms with E-state index in [0.29, 0.717) is 6.61 Å². The summed E-state index contributed by atoms with van der Waals surface area (Å²) in [7, 11) is 4.08. The van der Waals surface area contributed by atoms with Crippen molar-refractivity contribution in [3.05, 3.63) is 119 Å². The summed E-state index contributed by atoms with van der Waals surface area (Å²) in [5.41, 5.74) is 0.492. The first kappa shape index (κ1) is 31.3. The summed E-state index contributed by atoms with van der Waals surface area (Å²) < 4.78 is 36.0. The van der Waals surface area contributed by atoms with Crippen molar-refractivity contribution < 1.29 is 18.6 Å². The minimum Gasteiger partial charge on any atom is -0.492 e. The molecule has 0 radical (unpaired) electrons. The Balaban J connectivity index is 0.000000175. The van der Waals surface area contributed by atoms with E-state index in [1.165, 1.54) is 56.1 Å². The molecule has 1 aliphatic heterocycles. The van der Waals surface area contributed by atoms with Gasteiger partial charge in [-0.15, -0.1) is 0 Å². The number of rotatable bonds is 9. The van der Waals surface area contributed by atoms with Crippen LogP contribution >= 0.6 is 23.4 Å². The van der Waals surface area contributed by atoms with Crippen molar-refractivity contribution >= 4 is 35.2 Å². The Bertz CT molecular complexity index is 1680. The Morgan fingerprint density at radius 3 is 2.27 bits per heavy atom. The predicted octanol–water partition coefficient (Wildman–Crippen LogP) is 5.62. The number of ether oxygens (including phenoxy) is 1. The second kappa shape index (κ2) is 14.1. The molecule has 9 nitrogen and oxygen atoms in total. The van der Waals surface area contributed by atoms with Gasteiger partial charge in [-0.05, 0) is 56.1 Å². The van der Waals surface area contributed by atoms with Crippen LogP contribution in [0.2, 0.25) is 5.02 Å². The maximum atomic E-state index is 14.1. The average Bonchev–Trinajstić information content (AvgIpc) is 3.66. The van der Waals surface area contributed by atoms with Crippen LogP contribution in [0.3, 0.4) is 0 Å². The Morgan fingerprint density at radius 2 is 1.64 bits per heavy atom. The molecule has 5 aromatic rings. The number of hydrogen-bond acceptors (Lipinski definition) is 8. The lowest BCUT2D eigenvalue weighted by Crippen LogP contribution is -2.37. The van der Waals surface area contributed by atoms with Crippen LogP contribution in [-0.4, -0.2) is 66.8 Å². The third kappa shape index (κ3) is 7.88. The first-order valence-corrected chi connectivity index (χ1v) is 14.8. The molecule has 2 aromatic heterocycles. The van der Waals surface area contributed by atoms with Gasteiger partial charge in [-0.3, -0.25) is 0 Å². The molecular weight excluding hydrogens is 608 g/mol. The van der Waals surface area contributed by atoms with Gasteiger partial charge in [0, 0.05) is 38.6 Å². The first-order chi connectivity index (χ1) is 21.2. The van der Waals surface area contributed by atoms with Crippen molar-refractivity contribution in [3.63, 3.8) is 0 Å². The van der Waals surface area contributed by atoms with E-state index in [9.17, 15) is 13.9 Å². The van der Waals surface area contributed by atoms with Crippen LogP contribution in [-0.2, 0) is 23.4 Å². The Kier molecular flexibility index (Phi) is 10.1. The zero-order valence-corrected chi connectivity index (χ0v) is 25.6. The van der Waals surface area contributed by atoms with E-state index >= 15 is 0 Å². The number of aliphatic hydroxyl groups is 1. The summed E-state index contributed by atoms with van der Waals surface area (Å²) in [6, 6.07) is 17.4. The number of halogens is 3. The molecule has 44 heavy (non-hydrogen) atoms. The normalized spacial score (nSPS) is 12.5. The minimum atomic E-state index is -1.70. The zero-order valence-electron chi connectivity index (χ0n) is 24.0. The molecule has 13 heteroatoms. The molecule has 3 aromatic carbocycles. The molecule has 3 heterocycles. The second-order valence-corrected chi connectivity index (χ2v) is 11.8. The fraction of sp³-hybridized carbons (Fsp3) is 0.226. The predicted molar refractivity (Wildman–Crippen MR) is 165 cm³/mol. The van der Waals surface area contributed by atoms with Crippen LogP contribution in [0.15, 0.2) is 95.8 Å². The number of benzene rings is 3. The monoisotopic (exact) mass is 637 g/mol. The Labute approximate surface area is 262 Å². The third-order valence-corrected chi connectivity index (χ3v) is 8.04. The smallest absolute Gasteiger partial charge is 0.137 e. The molecule has 0 spiro atoms. The summed E-state index contributed by atoms with van der Waals surface area (Å²) in [6.45, 7) is 1.38. The summed E-state index contributed by atoms with van der Waals surface area (Å²) in [5, 5.41) is 19.5. The standard InChI is InChI=1S/C18H18ClNOS.C13H12F2N6O/c1-20(2)9-10-21-16-11-13-5-3-4-6-17(13)22-18-8-7-14(19)12-15(16)18;14-10-1-2-11(12(15)3-10)13(22,4-20-8-16-6-18-20)5-21-9-17-7-19-21/h3-8,11-12H,9-10H2,1-2H3;1-3,6-9,22H,4-5H2. The van der Waals surface area contributed by atoms with E-state index in [1.54, 1.807) is 11.8 Å². The highest BCUT2D eigenvalue weighted by Gasteiger charge is 2.34. The molecule has 0 fully saturated rings. The van der Waals surface area contributed by atoms with Crippen LogP contribution < -0.4 is 0 Å². The summed E-state index contributed by atoms with van der Waals surface area (Å²) in [5.74, 6) is -0.676. The molecule has 0 amide bonds. The van der Waals surface area contributed by atoms with Gasteiger partial charge < -0.3 is 14.7 Å². The maximum absolute atomic E-state index is 14.1. The van der Waals surface area contributed by atoms with Crippen LogP contribution in [0.1, 0.15) is 16.7 Å². The van der Waals surface area contributed by atoms with Gasteiger partial charge >= 0.3 is 0 Å². The number of nitrogens with zero attached hydrogens (tertiary/aromatic N) is 7. The number of hydrogen-bond donors (Lipinski definition) is 1. The molecule has 0 saturated heterocycles. The Morgan fingerprint density at radius 1 is 0.932 bits per heavy atom. The van der Waals surface area contributed by atoms with E-state index in [-0.39, 0.29) is 18.7 Å². The van der Waals surface area contributed by atoms with Gasteiger partial charge in [-0.2, -0.15) is 10.2 Å². The summed E-state index contributed by atoms with van der Waals surface area (Å²) in [6.07, 6.45) is 7.51. The lowest BCUT2D eigenvalue weighted by Gasteiger charge is -2.28. The van der Waals surface area contributed by atoms with E-state index in [0.717, 1.165) is 35.0 Å². The van der Waals surface area contributed by atoms with Gasteiger partial charge in [0.15, 0.2) is 0 Å². The molecule has 1 aliphatic rings. The molecule has 0 aliphatic carbocycles. The highest BCUT2D eigenvalue weighted by Crippen LogP contribution is 2.41. The minimum absolute atomic E-state index is 0.0556. The summed E-state index contributed by atoms with van der Waals surface area (Å²) in [4.78, 5) is 12.1. The average molecular weight is 638 g/mol. The Hall–Kier alpha value is -4.10. The second-order valence-electron chi connectivity index (χ2n) is 10.3. The van der Waals surface area contributed by atoms with Crippen molar-refractivity contribution in [3.8, 4) is 0 Å². The highest BCUT2D eigenvalue weighted by molar-refractivity contribution is 7.99. The van der Waals surface area contributed by atoms with Gasteiger partial charge in [-0.1, -0.05) is 47.6 Å². The largest absolute Gasteiger partial charge is 0.492 e. The molecule has 0 saturated carbocycles. The lowest BCUT2D eigenvalue weighted by molar-refractivity contribution is -0.00856. The number of likely N-dealkylation sites (N-methyl/N-ethyl adjacent to an activating group) is 1. The van der Waals surface area contributed by atoms with Crippen molar-refractivity contribution in [2.75, 3.05) is 27.2 Å². The molecule has 228 valence electrons. The molecule has 1 N–H and O–H groups in total. The lowest BCUT2D eigenvalue weighted by atomic mass is 9.93.